The van der Waals surface area contributed by atoms with E-state index in [1.165, 1.54) is 0 Å². The molecule has 0 heterocycles. The van der Waals surface area contributed by atoms with Gasteiger partial charge in [0, 0.05) is 0 Å². The van der Waals surface area contributed by atoms with Gasteiger partial charge in [-0.3, -0.25) is 15.6 Å². The molecule has 0 spiro atoms. The molecule has 0 fully saturated rings. The molecule has 0 aromatic heterocycles. The van der Waals surface area contributed by atoms with Crippen molar-refractivity contribution in [1.29, 1.82) is 0 Å². The number of amides is 1. The van der Waals surface area contributed by atoms with Gasteiger partial charge in [0.25, 0.3) is 5.91 Å². The lowest BCUT2D eigenvalue weighted by Crippen LogP contribution is -2.34. The molecular weight excluding hydrogens is 216 g/mol. The zero-order valence-electron chi connectivity index (χ0n) is 8.58. The first kappa shape index (κ1) is 11.7. The minimum atomic E-state index is -0.559. The Morgan fingerprint density at radius 3 is 2.47 bits per heavy atom. The summed E-state index contributed by atoms with van der Waals surface area (Å²) in [4.78, 5) is 11.1. The van der Waals surface area contributed by atoms with Gasteiger partial charge < -0.3 is 4.74 Å². The minimum absolute atomic E-state index is 0.271. The summed E-state index contributed by atoms with van der Waals surface area (Å²) in [6, 6.07) is 7.16. The normalized spacial score (nSPS) is 11.7. The van der Waals surface area contributed by atoms with Crippen LogP contribution in [0.5, 0.6) is 5.75 Å². The van der Waals surface area contributed by atoms with Gasteiger partial charge in [-0.2, -0.15) is 0 Å². The predicted molar refractivity (Wildman–Crippen MR) is 60.1 cm³/mol. The average Bonchev–Trinajstić information content (AvgIpc) is 2.26. The maximum absolute atomic E-state index is 11.1. The van der Waals surface area contributed by atoms with Crippen LogP contribution < -0.4 is 15.6 Å². The summed E-state index contributed by atoms with van der Waals surface area (Å²) < 4.78 is 5.00. The Morgan fingerprint density at radius 2 is 2.00 bits per heavy atom. The fraction of sp³-hybridized carbons (Fsp3) is 0.300. The number of hydrogen-bond acceptors (Lipinski definition) is 3. The first-order chi connectivity index (χ1) is 7.13. The molecule has 1 rings (SSSR count). The second-order valence-electron chi connectivity index (χ2n) is 2.96. The summed E-state index contributed by atoms with van der Waals surface area (Å²) in [5.74, 6) is 0.491. The highest BCUT2D eigenvalue weighted by Crippen LogP contribution is 2.14. The number of carbonyl (C=O) groups is 1. The molecule has 0 saturated carbocycles. The number of anilines is 1. The number of hydrogen-bond donors (Lipinski definition) is 2. The summed E-state index contributed by atoms with van der Waals surface area (Å²) >= 11 is 5.57. The van der Waals surface area contributed by atoms with Crippen LogP contribution in [0.3, 0.4) is 0 Å². The van der Waals surface area contributed by atoms with E-state index in [4.69, 9.17) is 16.3 Å². The van der Waals surface area contributed by atoms with Crippen molar-refractivity contribution in [1.82, 2.24) is 5.43 Å². The van der Waals surface area contributed by atoms with Gasteiger partial charge in [0.15, 0.2) is 0 Å². The van der Waals surface area contributed by atoms with E-state index in [2.05, 4.69) is 10.9 Å². The molecule has 0 aliphatic rings. The van der Waals surface area contributed by atoms with E-state index < -0.39 is 5.38 Å². The third-order valence-corrected chi connectivity index (χ3v) is 1.98. The SMILES string of the molecule is COc1ccc(NNC(=O)C(C)Cl)cc1. The maximum Gasteiger partial charge on any atom is 0.256 e. The Morgan fingerprint density at radius 1 is 1.40 bits per heavy atom. The number of ether oxygens (including phenoxy) is 1. The van der Waals surface area contributed by atoms with Crippen molar-refractivity contribution in [2.24, 2.45) is 0 Å². The number of benzene rings is 1. The van der Waals surface area contributed by atoms with Gasteiger partial charge in [0.2, 0.25) is 0 Å². The summed E-state index contributed by atoms with van der Waals surface area (Å²) in [6.45, 7) is 1.60. The summed E-state index contributed by atoms with van der Waals surface area (Å²) in [6.07, 6.45) is 0. The molecular formula is C10H13ClN2O2. The van der Waals surface area contributed by atoms with E-state index in [-0.39, 0.29) is 5.91 Å². The second-order valence-corrected chi connectivity index (χ2v) is 3.61. The van der Waals surface area contributed by atoms with E-state index in [0.29, 0.717) is 0 Å². The minimum Gasteiger partial charge on any atom is -0.497 e. The van der Waals surface area contributed by atoms with Crippen molar-refractivity contribution in [2.75, 3.05) is 12.5 Å². The molecule has 15 heavy (non-hydrogen) atoms. The van der Waals surface area contributed by atoms with Crippen LogP contribution in [0.2, 0.25) is 0 Å². The first-order valence-electron chi connectivity index (χ1n) is 4.47. The van der Waals surface area contributed by atoms with Crippen LogP contribution in [-0.2, 0) is 4.79 Å². The molecule has 0 bridgehead atoms. The van der Waals surface area contributed by atoms with E-state index in [9.17, 15) is 4.79 Å². The van der Waals surface area contributed by atoms with Gasteiger partial charge >= 0.3 is 0 Å². The maximum atomic E-state index is 11.1. The van der Waals surface area contributed by atoms with E-state index in [0.717, 1.165) is 11.4 Å². The number of hydrazine groups is 1. The number of rotatable bonds is 4. The van der Waals surface area contributed by atoms with Crippen LogP contribution >= 0.6 is 11.6 Å². The second kappa shape index (κ2) is 5.46. The van der Waals surface area contributed by atoms with Crippen LogP contribution in [0.1, 0.15) is 6.92 Å². The third kappa shape index (κ3) is 3.67. The lowest BCUT2D eigenvalue weighted by molar-refractivity contribution is -0.119. The lowest BCUT2D eigenvalue weighted by atomic mass is 10.3. The largest absolute Gasteiger partial charge is 0.497 e. The Kier molecular flexibility index (Phi) is 4.24. The Balaban J connectivity index is 2.47. The topological polar surface area (TPSA) is 50.4 Å². The highest BCUT2D eigenvalue weighted by atomic mass is 35.5. The highest BCUT2D eigenvalue weighted by Gasteiger charge is 2.07. The molecule has 0 radical (unpaired) electrons. The Bertz CT molecular complexity index is 325. The number of nitrogens with one attached hydrogen (secondary N) is 2. The summed E-state index contributed by atoms with van der Waals surface area (Å²) in [7, 11) is 1.60. The molecule has 0 aliphatic carbocycles. The van der Waals surface area contributed by atoms with Crippen LogP contribution in [0.4, 0.5) is 5.69 Å². The van der Waals surface area contributed by atoms with E-state index >= 15 is 0 Å². The average molecular weight is 229 g/mol. The predicted octanol–water partition coefficient (Wildman–Crippen LogP) is 1.77. The van der Waals surface area contributed by atoms with Gasteiger partial charge in [0.05, 0.1) is 12.8 Å². The van der Waals surface area contributed by atoms with Gasteiger partial charge in [-0.1, -0.05) is 0 Å². The Labute approximate surface area is 93.5 Å². The van der Waals surface area contributed by atoms with Gasteiger partial charge in [-0.05, 0) is 31.2 Å². The number of alkyl halides is 1. The van der Waals surface area contributed by atoms with Crippen LogP contribution in [0.15, 0.2) is 24.3 Å². The fourth-order valence-corrected chi connectivity index (χ4v) is 0.962. The van der Waals surface area contributed by atoms with Crippen LogP contribution in [0, 0.1) is 0 Å². The molecule has 1 atom stereocenters. The number of methoxy groups -OCH3 is 1. The molecule has 1 aromatic carbocycles. The van der Waals surface area contributed by atoms with E-state index in [1.54, 1.807) is 38.3 Å². The number of carbonyl (C=O) groups excluding carboxylic acids is 1. The quantitative estimate of drug-likeness (QED) is 0.610. The molecule has 4 nitrogen and oxygen atoms in total. The Hall–Kier alpha value is -1.42. The molecule has 1 unspecified atom stereocenters. The van der Waals surface area contributed by atoms with Crippen molar-refractivity contribution < 1.29 is 9.53 Å². The molecule has 0 saturated heterocycles. The third-order valence-electron chi connectivity index (χ3n) is 1.78. The van der Waals surface area contributed by atoms with Crippen LogP contribution in [0.25, 0.3) is 0 Å². The molecule has 2 N–H and O–H groups in total. The first-order valence-corrected chi connectivity index (χ1v) is 4.91. The van der Waals surface area contributed by atoms with Gasteiger partial charge in [0.1, 0.15) is 11.1 Å². The van der Waals surface area contributed by atoms with Gasteiger partial charge in [-0.15, -0.1) is 11.6 Å². The molecule has 5 heteroatoms. The van der Waals surface area contributed by atoms with Crippen molar-refractivity contribution in [3.05, 3.63) is 24.3 Å². The van der Waals surface area contributed by atoms with Crippen molar-refractivity contribution >= 4 is 23.2 Å². The van der Waals surface area contributed by atoms with Crippen molar-refractivity contribution in [3.63, 3.8) is 0 Å². The summed E-state index contributed by atoms with van der Waals surface area (Å²) in [5, 5.41) is -0.559. The van der Waals surface area contributed by atoms with Crippen molar-refractivity contribution in [3.8, 4) is 5.75 Å². The standard InChI is InChI=1S/C10H13ClN2O2/c1-7(11)10(14)13-12-8-3-5-9(15-2)6-4-8/h3-7,12H,1-2H3,(H,13,14). The van der Waals surface area contributed by atoms with Crippen LogP contribution in [-0.4, -0.2) is 18.4 Å². The fourth-order valence-electron chi connectivity index (χ4n) is 0.908. The highest BCUT2D eigenvalue weighted by molar-refractivity contribution is 6.30. The molecule has 0 aliphatic heterocycles. The molecule has 1 amide bonds. The van der Waals surface area contributed by atoms with E-state index in [1.807, 2.05) is 0 Å². The monoisotopic (exact) mass is 228 g/mol. The molecule has 82 valence electrons. The van der Waals surface area contributed by atoms with Crippen molar-refractivity contribution in [2.45, 2.75) is 12.3 Å². The zero-order chi connectivity index (χ0) is 11.3. The molecule has 1 aromatic rings. The van der Waals surface area contributed by atoms with Gasteiger partial charge in [-0.25, -0.2) is 0 Å². The number of halogens is 1. The lowest BCUT2D eigenvalue weighted by Gasteiger charge is -2.09. The summed E-state index contributed by atoms with van der Waals surface area (Å²) in [5.41, 5.74) is 5.98. The smallest absolute Gasteiger partial charge is 0.256 e. The zero-order valence-corrected chi connectivity index (χ0v) is 9.34.